The Morgan fingerprint density at radius 2 is 1.88 bits per heavy atom. The SMILES string of the molecule is CS(C)=CC(=O)C(NC(=O)OCc1ccccc1)C1CCCCC1. The zero-order valence-corrected chi connectivity index (χ0v) is 15.3. The quantitative estimate of drug-likeness (QED) is 0.796. The van der Waals surface area contributed by atoms with Gasteiger partial charge in [0.2, 0.25) is 0 Å². The van der Waals surface area contributed by atoms with E-state index in [1.165, 1.54) is 6.42 Å². The van der Waals surface area contributed by atoms with Crippen LogP contribution < -0.4 is 5.32 Å². The summed E-state index contributed by atoms with van der Waals surface area (Å²) in [5, 5.41) is 4.56. The summed E-state index contributed by atoms with van der Waals surface area (Å²) in [6.45, 7) is 0.216. The number of ketones is 1. The third-order valence-corrected chi connectivity index (χ3v) is 4.97. The van der Waals surface area contributed by atoms with Gasteiger partial charge in [0.25, 0.3) is 0 Å². The highest BCUT2D eigenvalue weighted by molar-refractivity contribution is 8.14. The van der Waals surface area contributed by atoms with E-state index in [0.717, 1.165) is 31.2 Å². The van der Waals surface area contributed by atoms with E-state index in [4.69, 9.17) is 4.74 Å². The Morgan fingerprint density at radius 3 is 2.50 bits per heavy atom. The molecule has 24 heavy (non-hydrogen) atoms. The summed E-state index contributed by atoms with van der Waals surface area (Å²) in [6, 6.07) is 9.09. The van der Waals surface area contributed by atoms with Crippen LogP contribution in [0.3, 0.4) is 0 Å². The van der Waals surface area contributed by atoms with Gasteiger partial charge in [-0.2, -0.15) is 10.5 Å². The van der Waals surface area contributed by atoms with Crippen molar-refractivity contribution in [2.45, 2.75) is 44.8 Å². The minimum Gasteiger partial charge on any atom is -0.445 e. The Balaban J connectivity index is 1.96. The average Bonchev–Trinajstić information content (AvgIpc) is 2.59. The highest BCUT2D eigenvalue weighted by Crippen LogP contribution is 2.27. The molecule has 0 saturated heterocycles. The molecule has 5 heteroatoms. The molecule has 132 valence electrons. The molecule has 1 aromatic carbocycles. The Labute approximate surface area is 146 Å². The van der Waals surface area contributed by atoms with Crippen LogP contribution in [-0.4, -0.2) is 35.8 Å². The molecular formula is C19H27NO3S. The summed E-state index contributed by atoms with van der Waals surface area (Å²) in [5.41, 5.74) is 0.934. The van der Waals surface area contributed by atoms with Crippen LogP contribution in [0.2, 0.25) is 0 Å². The summed E-state index contributed by atoms with van der Waals surface area (Å²) in [6.07, 6.45) is 8.94. The van der Waals surface area contributed by atoms with E-state index in [1.54, 1.807) is 5.37 Å². The first-order valence-corrected chi connectivity index (χ1v) is 10.6. The first-order chi connectivity index (χ1) is 11.6. The number of carbonyl (C=O) groups is 2. The minimum absolute atomic E-state index is 0.0203. The molecular weight excluding hydrogens is 322 g/mol. The molecule has 0 aromatic heterocycles. The van der Waals surface area contributed by atoms with Crippen molar-refractivity contribution < 1.29 is 14.3 Å². The van der Waals surface area contributed by atoms with Crippen molar-refractivity contribution in [2.24, 2.45) is 5.92 Å². The third-order valence-electron chi connectivity index (χ3n) is 4.27. The van der Waals surface area contributed by atoms with Crippen molar-refractivity contribution in [2.75, 3.05) is 12.5 Å². The predicted octanol–water partition coefficient (Wildman–Crippen LogP) is 3.76. The van der Waals surface area contributed by atoms with Crippen molar-refractivity contribution >= 4 is 27.7 Å². The van der Waals surface area contributed by atoms with Crippen LogP contribution in [0.5, 0.6) is 0 Å². The summed E-state index contributed by atoms with van der Waals surface area (Å²) in [7, 11) is -0.0856. The number of benzene rings is 1. The number of Topliss-reactive ketones (excluding diaryl/α,β-unsaturated/α-hetero) is 1. The first kappa shape index (κ1) is 18.7. The molecule has 1 aliphatic carbocycles. The number of hydrogen-bond acceptors (Lipinski definition) is 3. The van der Waals surface area contributed by atoms with E-state index in [-0.39, 0.29) is 28.8 Å². The maximum atomic E-state index is 12.5. The summed E-state index contributed by atoms with van der Waals surface area (Å²) < 4.78 is 5.29. The minimum atomic E-state index is -0.511. The molecule has 1 unspecified atom stereocenters. The van der Waals surface area contributed by atoms with E-state index < -0.39 is 12.1 Å². The van der Waals surface area contributed by atoms with E-state index in [9.17, 15) is 9.59 Å². The normalized spacial score (nSPS) is 16.5. The second kappa shape index (κ2) is 9.62. The van der Waals surface area contributed by atoms with E-state index in [0.29, 0.717) is 0 Å². The molecule has 1 atom stereocenters. The highest BCUT2D eigenvalue weighted by Gasteiger charge is 2.30. The lowest BCUT2D eigenvalue weighted by atomic mass is 9.82. The van der Waals surface area contributed by atoms with Crippen LogP contribution in [0, 0.1) is 5.92 Å². The van der Waals surface area contributed by atoms with Gasteiger partial charge in [0.05, 0.1) is 6.04 Å². The average molecular weight is 349 g/mol. The number of hydrogen-bond donors (Lipinski definition) is 1. The number of rotatable bonds is 6. The standard InChI is InChI=1S/C19H27NO3S/c1-24(2)14-17(21)18(16-11-7-4-8-12-16)20-19(22)23-13-15-9-5-3-6-10-15/h3,5-6,9-10,14,16,18H,4,7-8,11-13H2,1-2H3,(H,20,22). The molecule has 0 radical (unpaired) electrons. The van der Waals surface area contributed by atoms with Crippen LogP contribution in [0.4, 0.5) is 4.79 Å². The molecule has 1 N–H and O–H groups in total. The van der Waals surface area contributed by atoms with Gasteiger partial charge in [-0.25, -0.2) is 4.79 Å². The third kappa shape index (κ3) is 6.11. The zero-order chi connectivity index (χ0) is 17.4. The molecule has 2 rings (SSSR count). The maximum Gasteiger partial charge on any atom is 0.408 e. The lowest BCUT2D eigenvalue weighted by Gasteiger charge is -2.29. The molecule has 0 heterocycles. The van der Waals surface area contributed by atoms with E-state index >= 15 is 0 Å². The van der Waals surface area contributed by atoms with Crippen molar-refractivity contribution in [3.63, 3.8) is 0 Å². The van der Waals surface area contributed by atoms with Gasteiger partial charge in [-0.3, -0.25) is 4.79 Å². The Kier molecular flexibility index (Phi) is 7.50. The number of nitrogens with one attached hydrogen (secondary N) is 1. The largest absolute Gasteiger partial charge is 0.445 e. The second-order valence-electron chi connectivity index (χ2n) is 6.48. The lowest BCUT2D eigenvalue weighted by molar-refractivity contribution is -0.115. The van der Waals surface area contributed by atoms with E-state index in [1.807, 2.05) is 42.8 Å². The second-order valence-corrected chi connectivity index (χ2v) is 8.48. The molecule has 0 aliphatic heterocycles. The summed E-state index contributed by atoms with van der Waals surface area (Å²) >= 11 is 0. The first-order valence-electron chi connectivity index (χ1n) is 8.48. The lowest BCUT2D eigenvalue weighted by Crippen LogP contribution is -2.47. The summed E-state index contributed by atoms with van der Waals surface area (Å²) in [5.74, 6) is 0.238. The van der Waals surface area contributed by atoms with Gasteiger partial charge in [0, 0.05) is 5.37 Å². The van der Waals surface area contributed by atoms with Gasteiger partial charge in [-0.15, -0.1) is 0 Å². The molecule has 1 saturated carbocycles. The van der Waals surface area contributed by atoms with Gasteiger partial charge in [0.15, 0.2) is 5.78 Å². The van der Waals surface area contributed by atoms with Crippen LogP contribution in [0.15, 0.2) is 30.3 Å². The predicted molar refractivity (Wildman–Crippen MR) is 101 cm³/mol. The molecule has 1 fully saturated rings. The van der Waals surface area contributed by atoms with Crippen LogP contribution in [0.25, 0.3) is 0 Å². The Hall–Kier alpha value is -1.62. The highest BCUT2D eigenvalue weighted by atomic mass is 32.2. The van der Waals surface area contributed by atoms with Crippen LogP contribution in [-0.2, 0) is 16.1 Å². The zero-order valence-electron chi connectivity index (χ0n) is 14.5. The van der Waals surface area contributed by atoms with Crippen molar-refractivity contribution in [1.29, 1.82) is 0 Å². The molecule has 4 nitrogen and oxygen atoms in total. The topological polar surface area (TPSA) is 55.4 Å². The van der Waals surface area contributed by atoms with Crippen LogP contribution >= 0.6 is 10.5 Å². The van der Waals surface area contributed by atoms with Gasteiger partial charge in [-0.1, -0.05) is 49.6 Å². The maximum absolute atomic E-state index is 12.5. The molecule has 1 amide bonds. The van der Waals surface area contributed by atoms with Crippen molar-refractivity contribution in [3.8, 4) is 0 Å². The van der Waals surface area contributed by atoms with E-state index in [2.05, 4.69) is 5.32 Å². The number of amides is 1. The van der Waals surface area contributed by atoms with Crippen molar-refractivity contribution in [1.82, 2.24) is 5.32 Å². The smallest absolute Gasteiger partial charge is 0.408 e. The van der Waals surface area contributed by atoms with Crippen LogP contribution in [0.1, 0.15) is 37.7 Å². The fraction of sp³-hybridized carbons (Fsp3) is 0.526. The number of alkyl carbamates (subject to hydrolysis) is 1. The fourth-order valence-corrected chi connectivity index (χ4v) is 3.70. The van der Waals surface area contributed by atoms with Gasteiger partial charge in [0.1, 0.15) is 6.61 Å². The fourth-order valence-electron chi connectivity index (χ4n) is 3.09. The van der Waals surface area contributed by atoms with Gasteiger partial charge in [-0.05, 0) is 36.8 Å². The van der Waals surface area contributed by atoms with Crippen molar-refractivity contribution in [3.05, 3.63) is 35.9 Å². The molecule has 1 aliphatic rings. The number of carbonyl (C=O) groups excluding carboxylic acids is 2. The van der Waals surface area contributed by atoms with Gasteiger partial charge < -0.3 is 10.1 Å². The Bertz CT molecular complexity index is 576. The number of ether oxygens (including phenoxy) is 1. The van der Waals surface area contributed by atoms with Gasteiger partial charge >= 0.3 is 6.09 Å². The molecule has 0 bridgehead atoms. The molecule has 0 spiro atoms. The summed E-state index contributed by atoms with van der Waals surface area (Å²) in [4.78, 5) is 24.7. The monoisotopic (exact) mass is 349 g/mol. The Morgan fingerprint density at radius 1 is 1.21 bits per heavy atom. The molecule has 1 aromatic rings.